The minimum Gasteiger partial charge on any atom is -0.340 e. The zero-order valence-corrected chi connectivity index (χ0v) is 24.4. The molecule has 3 fully saturated rings. The van der Waals surface area contributed by atoms with Crippen molar-refractivity contribution < 1.29 is 28.7 Å². The molecule has 1 unspecified atom stereocenters. The topological polar surface area (TPSA) is 140 Å². The number of nitrogens with zero attached hydrogens (tertiary/aromatic N) is 3. The molecule has 3 aliphatic rings. The lowest BCUT2D eigenvalue weighted by Gasteiger charge is -2.42. The number of nitrogens with one attached hydrogen (secondary N) is 1. The van der Waals surface area contributed by atoms with E-state index in [0.29, 0.717) is 36.4 Å². The minimum atomic E-state index is -4.30. The fourth-order valence-electron chi connectivity index (χ4n) is 6.29. The van der Waals surface area contributed by atoms with Crippen LogP contribution in [-0.4, -0.2) is 73.5 Å². The number of carbonyl (C=O) groups is 3. The maximum absolute atomic E-state index is 13.8. The molecule has 0 spiro atoms. The van der Waals surface area contributed by atoms with Crippen molar-refractivity contribution in [3.63, 3.8) is 0 Å². The standard InChI is InChI=1S/C29H33N4O6PS/c1-17(40(37,38)39)18-7-10-25-20(12-18)13-26(41-25)27(34)31-23-6-2-5-22-8-9-24(33(22)28(23)35)29(36)32-15-21(16-32)19-4-3-11-30-14-19/h3-4,7,10-14,17,21-24H,2,5-6,8-9,15-16H2,1H3,(H,31,34)(H2,37,38,39)/t17?,22-,23-,24-/m0/s1. The lowest BCUT2D eigenvalue weighted by molar-refractivity contribution is -0.148. The number of likely N-dealkylation sites (tertiary alicyclic amines) is 1. The van der Waals surface area contributed by atoms with Gasteiger partial charge in [0.05, 0.1) is 10.5 Å². The molecule has 41 heavy (non-hydrogen) atoms. The summed E-state index contributed by atoms with van der Waals surface area (Å²) in [5.41, 5.74) is 0.664. The molecule has 6 rings (SSSR count). The second kappa shape index (κ2) is 10.9. The summed E-state index contributed by atoms with van der Waals surface area (Å²) in [5.74, 6) is -0.316. The van der Waals surface area contributed by atoms with E-state index in [9.17, 15) is 28.7 Å². The van der Waals surface area contributed by atoms with E-state index >= 15 is 0 Å². The quantitative estimate of drug-likeness (QED) is 0.368. The Morgan fingerprint density at radius 3 is 2.66 bits per heavy atom. The van der Waals surface area contributed by atoms with Crippen molar-refractivity contribution in [1.29, 1.82) is 0 Å². The highest BCUT2D eigenvalue weighted by Gasteiger charge is 2.47. The van der Waals surface area contributed by atoms with Crippen molar-refractivity contribution in [3.05, 3.63) is 64.8 Å². The summed E-state index contributed by atoms with van der Waals surface area (Å²) >= 11 is 1.27. The van der Waals surface area contributed by atoms with Crippen LogP contribution in [-0.2, 0) is 14.2 Å². The van der Waals surface area contributed by atoms with Crippen LogP contribution in [0.15, 0.2) is 48.8 Å². The SMILES string of the molecule is CC(c1ccc2sc(C(=O)N[C@H]3CCC[C@H]4CC[C@@H](C(=O)N5CC(c6cccnc6)C5)N4C3=O)cc2c1)P(=O)(O)O. The summed E-state index contributed by atoms with van der Waals surface area (Å²) in [5, 5.41) is 3.65. The van der Waals surface area contributed by atoms with E-state index in [4.69, 9.17) is 0 Å². The van der Waals surface area contributed by atoms with E-state index in [1.165, 1.54) is 18.3 Å². The second-order valence-corrected chi connectivity index (χ2v) is 14.4. The third kappa shape index (κ3) is 5.44. The summed E-state index contributed by atoms with van der Waals surface area (Å²) in [6, 6.07) is 9.53. The first kappa shape index (κ1) is 28.0. The van der Waals surface area contributed by atoms with Crippen LogP contribution in [0.25, 0.3) is 10.1 Å². The van der Waals surface area contributed by atoms with Crippen LogP contribution in [0, 0.1) is 0 Å². The maximum atomic E-state index is 13.8. The van der Waals surface area contributed by atoms with Gasteiger partial charge in [0.15, 0.2) is 0 Å². The molecule has 3 N–H and O–H groups in total. The molecule has 216 valence electrons. The number of pyridine rings is 1. The van der Waals surface area contributed by atoms with Crippen LogP contribution in [0.5, 0.6) is 0 Å². The minimum absolute atomic E-state index is 0.00695. The van der Waals surface area contributed by atoms with E-state index in [-0.39, 0.29) is 29.7 Å². The van der Waals surface area contributed by atoms with Crippen molar-refractivity contribution in [2.45, 2.75) is 68.7 Å². The second-order valence-electron chi connectivity index (χ2n) is 11.3. The highest BCUT2D eigenvalue weighted by molar-refractivity contribution is 7.52. The molecule has 1 aromatic carbocycles. The fourth-order valence-corrected chi connectivity index (χ4v) is 7.79. The smallest absolute Gasteiger partial charge is 0.332 e. The van der Waals surface area contributed by atoms with Gasteiger partial charge in [-0.15, -0.1) is 11.3 Å². The molecule has 0 bridgehead atoms. The van der Waals surface area contributed by atoms with E-state index in [1.807, 2.05) is 23.2 Å². The predicted octanol–water partition coefficient (Wildman–Crippen LogP) is 3.80. The Morgan fingerprint density at radius 2 is 1.93 bits per heavy atom. The zero-order chi connectivity index (χ0) is 28.9. The molecule has 3 saturated heterocycles. The van der Waals surface area contributed by atoms with Gasteiger partial charge in [-0.1, -0.05) is 12.1 Å². The van der Waals surface area contributed by atoms with E-state index in [2.05, 4.69) is 10.3 Å². The fraction of sp³-hybridized carbons (Fsp3) is 0.448. The highest BCUT2D eigenvalue weighted by Crippen LogP contribution is 2.51. The summed E-state index contributed by atoms with van der Waals surface area (Å²) in [6.07, 6.45) is 7.09. The molecular formula is C29H33N4O6PS. The molecule has 0 aliphatic carbocycles. The predicted molar refractivity (Wildman–Crippen MR) is 155 cm³/mol. The number of amides is 3. The van der Waals surface area contributed by atoms with Crippen molar-refractivity contribution in [1.82, 2.24) is 20.1 Å². The Balaban J connectivity index is 1.14. The lowest BCUT2D eigenvalue weighted by Crippen LogP contribution is -2.58. The average Bonchev–Trinajstić information content (AvgIpc) is 3.51. The number of hydrogen-bond acceptors (Lipinski definition) is 6. The first-order valence-corrected chi connectivity index (χ1v) is 16.5. The molecule has 5 heterocycles. The summed E-state index contributed by atoms with van der Waals surface area (Å²) in [7, 11) is -4.30. The highest BCUT2D eigenvalue weighted by atomic mass is 32.1. The summed E-state index contributed by atoms with van der Waals surface area (Å²) in [6.45, 7) is 2.72. The molecule has 3 amide bonds. The molecule has 3 aromatic rings. The number of benzene rings is 1. The van der Waals surface area contributed by atoms with Crippen LogP contribution in [0.4, 0.5) is 0 Å². The largest absolute Gasteiger partial charge is 0.340 e. The van der Waals surface area contributed by atoms with Crippen LogP contribution in [0.1, 0.15) is 71.4 Å². The van der Waals surface area contributed by atoms with Crippen LogP contribution in [0.2, 0.25) is 0 Å². The van der Waals surface area contributed by atoms with Crippen molar-refractivity contribution in [3.8, 4) is 0 Å². The van der Waals surface area contributed by atoms with Gasteiger partial charge in [-0.2, -0.15) is 0 Å². The monoisotopic (exact) mass is 596 g/mol. The van der Waals surface area contributed by atoms with Gasteiger partial charge in [-0.25, -0.2) is 0 Å². The van der Waals surface area contributed by atoms with Gasteiger partial charge >= 0.3 is 7.60 Å². The Morgan fingerprint density at radius 1 is 1.12 bits per heavy atom. The molecular weight excluding hydrogens is 563 g/mol. The molecule has 0 saturated carbocycles. The summed E-state index contributed by atoms with van der Waals surface area (Å²) < 4.78 is 12.5. The van der Waals surface area contributed by atoms with Gasteiger partial charge in [0.2, 0.25) is 11.8 Å². The van der Waals surface area contributed by atoms with Gasteiger partial charge in [-0.05, 0) is 79.8 Å². The normalized spacial score (nSPS) is 24.1. The Labute approximate surface area is 241 Å². The number of thiophene rings is 1. The Bertz CT molecular complexity index is 1530. The number of rotatable bonds is 6. The van der Waals surface area contributed by atoms with E-state index in [1.54, 1.807) is 35.4 Å². The molecule has 2 aromatic heterocycles. The molecule has 10 nitrogen and oxygen atoms in total. The molecule has 0 radical (unpaired) electrons. The molecule has 4 atom stereocenters. The molecule has 3 aliphatic heterocycles. The van der Waals surface area contributed by atoms with Crippen molar-refractivity contribution in [2.24, 2.45) is 0 Å². The third-order valence-corrected chi connectivity index (χ3v) is 11.2. The van der Waals surface area contributed by atoms with E-state index < -0.39 is 25.3 Å². The van der Waals surface area contributed by atoms with Crippen LogP contribution >= 0.6 is 18.9 Å². The zero-order valence-electron chi connectivity index (χ0n) is 22.7. The number of fused-ring (bicyclic) bond motifs is 2. The van der Waals surface area contributed by atoms with Gasteiger partial charge < -0.3 is 24.9 Å². The third-order valence-electron chi connectivity index (χ3n) is 8.78. The summed E-state index contributed by atoms with van der Waals surface area (Å²) in [4.78, 5) is 67.8. The Hall–Kier alpha value is -3.11. The van der Waals surface area contributed by atoms with Gasteiger partial charge in [0.1, 0.15) is 12.1 Å². The first-order valence-electron chi connectivity index (χ1n) is 14.0. The number of aromatic nitrogens is 1. The van der Waals surface area contributed by atoms with Gasteiger partial charge in [0, 0.05) is 42.1 Å². The van der Waals surface area contributed by atoms with Gasteiger partial charge in [-0.3, -0.25) is 23.9 Å². The molecule has 12 heteroatoms. The number of hydrogen-bond donors (Lipinski definition) is 3. The van der Waals surface area contributed by atoms with Gasteiger partial charge in [0.25, 0.3) is 5.91 Å². The van der Waals surface area contributed by atoms with Crippen LogP contribution < -0.4 is 5.32 Å². The van der Waals surface area contributed by atoms with Crippen LogP contribution in [0.3, 0.4) is 0 Å². The first-order chi connectivity index (χ1) is 19.6. The number of carbonyl (C=O) groups excluding carboxylic acids is 3. The van der Waals surface area contributed by atoms with Crippen molar-refractivity contribution >= 4 is 46.7 Å². The Kier molecular flexibility index (Phi) is 7.48. The average molecular weight is 597 g/mol. The lowest BCUT2D eigenvalue weighted by atomic mass is 9.92. The van der Waals surface area contributed by atoms with E-state index in [0.717, 1.165) is 34.9 Å². The maximum Gasteiger partial charge on any atom is 0.332 e. The van der Waals surface area contributed by atoms with Crippen molar-refractivity contribution in [2.75, 3.05) is 13.1 Å².